The van der Waals surface area contributed by atoms with Gasteiger partial charge in [0.05, 0.1) is 11.4 Å². The third-order valence-corrected chi connectivity index (χ3v) is 3.94. The van der Waals surface area contributed by atoms with Crippen LogP contribution in [0.25, 0.3) is 10.7 Å². The average molecular weight is 297 g/mol. The molecule has 0 saturated carbocycles. The van der Waals surface area contributed by atoms with Crippen molar-refractivity contribution in [1.82, 2.24) is 20.2 Å². The lowest BCUT2D eigenvalue weighted by molar-refractivity contribution is 0.231. The third-order valence-electron chi connectivity index (χ3n) is 3.03. The summed E-state index contributed by atoms with van der Waals surface area (Å²) in [7, 11) is 0. The number of pyridine rings is 1. The largest absolute Gasteiger partial charge is 0.314 e. The maximum absolute atomic E-state index is 4.67. The van der Waals surface area contributed by atoms with Crippen molar-refractivity contribution in [3.8, 4) is 10.7 Å². The molecule has 0 bridgehead atoms. The van der Waals surface area contributed by atoms with Crippen LogP contribution in [-0.2, 0) is 6.54 Å². The number of hydrogen-bond acceptors (Lipinski definition) is 5. The van der Waals surface area contributed by atoms with Gasteiger partial charge in [0.25, 0.3) is 0 Å². The van der Waals surface area contributed by atoms with Crippen LogP contribution in [0.2, 0.25) is 0 Å². The molecular weight excluding hydrogens is 280 g/mol. The molecule has 0 radical (unpaired) electrons. The Hall–Kier alpha value is -1.01. The molecule has 102 valence electrons. The maximum Gasteiger partial charge on any atom is 0.142 e. The number of piperazine rings is 1. The van der Waals surface area contributed by atoms with E-state index in [2.05, 4.69) is 25.6 Å². The number of nitrogens with zero attached hydrogens (tertiary/aromatic N) is 3. The topological polar surface area (TPSA) is 41.1 Å². The highest BCUT2D eigenvalue weighted by Gasteiger charge is 2.12. The van der Waals surface area contributed by atoms with Crippen molar-refractivity contribution in [1.29, 1.82) is 0 Å². The van der Waals surface area contributed by atoms with Crippen LogP contribution in [0.5, 0.6) is 0 Å². The predicted molar refractivity (Wildman–Crippen MR) is 80.7 cm³/mol. The van der Waals surface area contributed by atoms with Crippen LogP contribution in [0.3, 0.4) is 0 Å². The van der Waals surface area contributed by atoms with Crippen molar-refractivity contribution in [3.05, 3.63) is 35.5 Å². The first kappa shape index (κ1) is 14.4. The lowest BCUT2D eigenvalue weighted by Crippen LogP contribution is -2.42. The van der Waals surface area contributed by atoms with Gasteiger partial charge in [0.15, 0.2) is 0 Å². The van der Waals surface area contributed by atoms with Crippen molar-refractivity contribution >= 4 is 23.7 Å². The van der Waals surface area contributed by atoms with Crippen LogP contribution < -0.4 is 5.32 Å². The fraction of sp³-hybridized carbons (Fsp3) is 0.385. The summed E-state index contributed by atoms with van der Waals surface area (Å²) in [6, 6.07) is 5.94. The van der Waals surface area contributed by atoms with Gasteiger partial charge in [-0.15, -0.1) is 23.7 Å². The zero-order valence-electron chi connectivity index (χ0n) is 10.6. The fourth-order valence-electron chi connectivity index (χ4n) is 2.08. The molecule has 0 aliphatic carbocycles. The first-order valence-electron chi connectivity index (χ1n) is 6.21. The molecule has 0 spiro atoms. The number of nitrogens with one attached hydrogen (secondary N) is 1. The summed E-state index contributed by atoms with van der Waals surface area (Å²) in [5.41, 5.74) is 2.12. The van der Waals surface area contributed by atoms with Gasteiger partial charge in [-0.1, -0.05) is 6.07 Å². The Bertz CT molecular complexity index is 496. The van der Waals surface area contributed by atoms with E-state index in [4.69, 9.17) is 0 Å². The molecule has 1 aliphatic heterocycles. The minimum atomic E-state index is 0. The van der Waals surface area contributed by atoms with Gasteiger partial charge in [0.1, 0.15) is 5.01 Å². The summed E-state index contributed by atoms with van der Waals surface area (Å²) in [6.45, 7) is 5.33. The normalized spacial score (nSPS) is 16.0. The molecule has 19 heavy (non-hydrogen) atoms. The maximum atomic E-state index is 4.67. The molecule has 0 amide bonds. The fourth-order valence-corrected chi connectivity index (χ4v) is 2.87. The zero-order chi connectivity index (χ0) is 12.2. The van der Waals surface area contributed by atoms with Crippen LogP contribution in [0.4, 0.5) is 0 Å². The van der Waals surface area contributed by atoms with Gasteiger partial charge in [-0.25, -0.2) is 4.98 Å². The highest BCUT2D eigenvalue weighted by molar-refractivity contribution is 7.13. The Morgan fingerprint density at radius 1 is 1.26 bits per heavy atom. The summed E-state index contributed by atoms with van der Waals surface area (Å²) in [4.78, 5) is 11.4. The van der Waals surface area contributed by atoms with Gasteiger partial charge in [0, 0.05) is 44.3 Å². The predicted octanol–water partition coefficient (Wildman–Crippen LogP) is 2.03. The molecule has 1 aliphatic rings. The van der Waals surface area contributed by atoms with Crippen LogP contribution in [0, 0.1) is 0 Å². The summed E-state index contributed by atoms with van der Waals surface area (Å²) >= 11 is 1.68. The lowest BCUT2D eigenvalue weighted by atomic mass is 10.3. The Morgan fingerprint density at radius 3 is 2.84 bits per heavy atom. The van der Waals surface area contributed by atoms with Gasteiger partial charge in [0.2, 0.25) is 0 Å². The SMILES string of the molecule is Cl.c1ccc(-c2nc(CN3CCNCC3)cs2)nc1. The Balaban J connectivity index is 0.00000133. The minimum Gasteiger partial charge on any atom is -0.314 e. The quantitative estimate of drug-likeness (QED) is 0.941. The minimum absolute atomic E-state index is 0. The van der Waals surface area contributed by atoms with E-state index in [-0.39, 0.29) is 12.4 Å². The van der Waals surface area contributed by atoms with Crippen LogP contribution in [0.15, 0.2) is 29.8 Å². The first-order valence-corrected chi connectivity index (χ1v) is 7.09. The molecule has 3 rings (SSSR count). The molecule has 6 heteroatoms. The number of thiazole rings is 1. The second kappa shape index (κ2) is 6.96. The summed E-state index contributed by atoms with van der Waals surface area (Å²) in [5.74, 6) is 0. The standard InChI is InChI=1S/C13H16N4S.ClH/c1-2-4-15-12(3-1)13-16-11(10-18-13)9-17-7-5-14-6-8-17;/h1-4,10,14H,5-9H2;1H. The molecule has 1 fully saturated rings. The molecule has 3 heterocycles. The molecule has 4 nitrogen and oxygen atoms in total. The van der Waals surface area contributed by atoms with Gasteiger partial charge in [-0.2, -0.15) is 0 Å². The first-order chi connectivity index (χ1) is 8.92. The van der Waals surface area contributed by atoms with E-state index in [1.54, 1.807) is 11.3 Å². The van der Waals surface area contributed by atoms with Crippen molar-refractivity contribution in [2.75, 3.05) is 26.2 Å². The number of aromatic nitrogens is 2. The van der Waals surface area contributed by atoms with Crippen molar-refractivity contribution < 1.29 is 0 Å². The van der Waals surface area contributed by atoms with E-state index < -0.39 is 0 Å². The Morgan fingerprint density at radius 2 is 2.11 bits per heavy atom. The molecule has 2 aromatic rings. The second-order valence-electron chi connectivity index (χ2n) is 4.39. The van der Waals surface area contributed by atoms with Crippen molar-refractivity contribution in [2.24, 2.45) is 0 Å². The number of hydrogen-bond donors (Lipinski definition) is 1. The van der Waals surface area contributed by atoms with E-state index in [0.717, 1.165) is 49.1 Å². The Labute approximate surface area is 123 Å². The molecule has 1 saturated heterocycles. The van der Waals surface area contributed by atoms with E-state index in [9.17, 15) is 0 Å². The molecule has 1 N–H and O–H groups in total. The third kappa shape index (κ3) is 3.73. The van der Waals surface area contributed by atoms with E-state index >= 15 is 0 Å². The number of rotatable bonds is 3. The van der Waals surface area contributed by atoms with Crippen molar-refractivity contribution in [2.45, 2.75) is 6.54 Å². The van der Waals surface area contributed by atoms with Gasteiger partial charge in [-0.3, -0.25) is 9.88 Å². The summed E-state index contributed by atoms with van der Waals surface area (Å²) in [5, 5.41) is 6.52. The smallest absolute Gasteiger partial charge is 0.142 e. The van der Waals surface area contributed by atoms with Gasteiger partial charge in [-0.05, 0) is 12.1 Å². The summed E-state index contributed by atoms with van der Waals surface area (Å²) in [6.07, 6.45) is 1.81. The van der Waals surface area contributed by atoms with E-state index in [1.165, 1.54) is 0 Å². The summed E-state index contributed by atoms with van der Waals surface area (Å²) < 4.78 is 0. The highest BCUT2D eigenvalue weighted by atomic mass is 35.5. The molecule has 0 unspecified atom stereocenters. The number of halogens is 1. The van der Waals surface area contributed by atoms with Gasteiger partial charge < -0.3 is 5.32 Å². The molecule has 0 atom stereocenters. The highest BCUT2D eigenvalue weighted by Crippen LogP contribution is 2.22. The average Bonchev–Trinajstić information content (AvgIpc) is 2.89. The van der Waals surface area contributed by atoms with Crippen LogP contribution in [0.1, 0.15) is 5.69 Å². The van der Waals surface area contributed by atoms with E-state index in [0.29, 0.717) is 0 Å². The van der Waals surface area contributed by atoms with Crippen LogP contribution in [-0.4, -0.2) is 41.0 Å². The van der Waals surface area contributed by atoms with Crippen LogP contribution >= 0.6 is 23.7 Å². The zero-order valence-corrected chi connectivity index (χ0v) is 12.2. The van der Waals surface area contributed by atoms with Gasteiger partial charge >= 0.3 is 0 Å². The monoisotopic (exact) mass is 296 g/mol. The van der Waals surface area contributed by atoms with E-state index in [1.807, 2.05) is 24.4 Å². The molecule has 2 aromatic heterocycles. The molecular formula is C13H17ClN4S. The Kier molecular flexibility index (Phi) is 5.27. The lowest BCUT2D eigenvalue weighted by Gasteiger charge is -2.26. The second-order valence-corrected chi connectivity index (χ2v) is 5.24. The molecule has 0 aromatic carbocycles. The van der Waals surface area contributed by atoms with Crippen molar-refractivity contribution in [3.63, 3.8) is 0 Å².